The van der Waals surface area contributed by atoms with Gasteiger partial charge < -0.3 is 19.9 Å². The molecule has 1 rings (SSSR count). The third kappa shape index (κ3) is 6.85. The maximum absolute atomic E-state index is 11.9. The molecule has 3 atom stereocenters. The van der Waals surface area contributed by atoms with E-state index in [1.165, 1.54) is 7.11 Å². The Morgan fingerprint density at radius 1 is 1.52 bits per heavy atom. The standard InChI is InChI=1S/C17H26N2O4/c1-17(2,3)23-16(21)19-14(15(20)22-4)10-13(11-18)12-8-6-5-7-9-12/h5-6,8,13-15,20H,7,9-10H2,1-4H3,(H,19,21). The van der Waals surface area contributed by atoms with Crippen LogP contribution in [-0.2, 0) is 9.47 Å². The zero-order valence-electron chi connectivity index (χ0n) is 14.2. The molecule has 0 aromatic carbocycles. The van der Waals surface area contributed by atoms with Gasteiger partial charge in [-0.15, -0.1) is 0 Å². The molecule has 6 heteroatoms. The smallest absolute Gasteiger partial charge is 0.408 e. The number of hydrogen-bond donors (Lipinski definition) is 2. The second-order valence-corrected chi connectivity index (χ2v) is 6.50. The number of aliphatic hydroxyl groups excluding tert-OH is 1. The zero-order chi connectivity index (χ0) is 17.5. The van der Waals surface area contributed by atoms with E-state index in [9.17, 15) is 15.2 Å². The Labute approximate surface area is 137 Å². The minimum Gasteiger partial charge on any atom is -0.444 e. The van der Waals surface area contributed by atoms with Gasteiger partial charge in [0.2, 0.25) is 0 Å². The SMILES string of the molecule is COC(O)C(CC(C#N)C1=CC=CCC1)NC(=O)OC(C)(C)C. The molecule has 0 saturated carbocycles. The molecule has 0 aromatic heterocycles. The quantitative estimate of drug-likeness (QED) is 0.734. The average Bonchev–Trinajstić information content (AvgIpc) is 2.49. The number of nitriles is 1. The lowest BCUT2D eigenvalue weighted by molar-refractivity contribution is -0.0995. The van der Waals surface area contributed by atoms with Gasteiger partial charge in [-0.3, -0.25) is 0 Å². The van der Waals surface area contributed by atoms with E-state index in [-0.39, 0.29) is 6.42 Å². The van der Waals surface area contributed by atoms with Crippen LogP contribution in [0.5, 0.6) is 0 Å². The van der Waals surface area contributed by atoms with Crippen LogP contribution < -0.4 is 5.32 Å². The molecule has 3 unspecified atom stereocenters. The van der Waals surface area contributed by atoms with E-state index in [2.05, 4.69) is 11.4 Å². The molecule has 0 aromatic rings. The third-order valence-corrected chi connectivity index (χ3v) is 3.43. The van der Waals surface area contributed by atoms with E-state index in [1.807, 2.05) is 18.2 Å². The zero-order valence-corrected chi connectivity index (χ0v) is 14.2. The molecule has 128 valence electrons. The van der Waals surface area contributed by atoms with Gasteiger partial charge in [0.25, 0.3) is 0 Å². The summed E-state index contributed by atoms with van der Waals surface area (Å²) in [7, 11) is 1.35. The normalized spacial score (nSPS) is 18.3. The van der Waals surface area contributed by atoms with Crippen LogP contribution in [-0.4, -0.2) is 36.2 Å². The molecular formula is C17H26N2O4. The summed E-state index contributed by atoms with van der Waals surface area (Å²) in [6.07, 6.45) is 5.97. The van der Waals surface area contributed by atoms with Crippen molar-refractivity contribution in [2.45, 2.75) is 58.0 Å². The Balaban J connectivity index is 2.77. The molecule has 0 aliphatic heterocycles. The Hall–Kier alpha value is -1.84. The van der Waals surface area contributed by atoms with Crippen LogP contribution in [0.15, 0.2) is 23.8 Å². The van der Waals surface area contributed by atoms with E-state index in [4.69, 9.17) is 9.47 Å². The number of carbonyl (C=O) groups excluding carboxylic acids is 1. The number of alkyl carbamates (subject to hydrolysis) is 1. The van der Waals surface area contributed by atoms with Gasteiger partial charge in [-0.05, 0) is 40.0 Å². The predicted octanol–water partition coefficient (Wildman–Crippen LogP) is 2.65. The Morgan fingerprint density at radius 2 is 2.22 bits per heavy atom. The molecule has 1 aliphatic rings. The summed E-state index contributed by atoms with van der Waals surface area (Å²) in [5.74, 6) is -0.398. The summed E-state index contributed by atoms with van der Waals surface area (Å²) in [4.78, 5) is 11.9. The van der Waals surface area contributed by atoms with Crippen molar-refractivity contribution in [3.63, 3.8) is 0 Å². The first-order chi connectivity index (χ1) is 10.8. The molecule has 1 aliphatic carbocycles. The first-order valence-electron chi connectivity index (χ1n) is 7.72. The lowest BCUT2D eigenvalue weighted by atomic mass is 9.88. The highest BCUT2D eigenvalue weighted by Crippen LogP contribution is 2.25. The lowest BCUT2D eigenvalue weighted by Crippen LogP contribution is -2.47. The number of nitrogens with zero attached hydrogens (tertiary/aromatic N) is 1. The monoisotopic (exact) mass is 322 g/mol. The van der Waals surface area contributed by atoms with Crippen molar-refractivity contribution in [2.24, 2.45) is 5.92 Å². The molecule has 0 fully saturated rings. The number of hydrogen-bond acceptors (Lipinski definition) is 5. The number of methoxy groups -OCH3 is 1. The molecule has 0 spiro atoms. The maximum Gasteiger partial charge on any atom is 0.408 e. The Morgan fingerprint density at radius 3 is 2.70 bits per heavy atom. The lowest BCUT2D eigenvalue weighted by Gasteiger charge is -2.28. The molecule has 23 heavy (non-hydrogen) atoms. The second-order valence-electron chi connectivity index (χ2n) is 6.50. The van der Waals surface area contributed by atoms with Crippen LogP contribution >= 0.6 is 0 Å². The van der Waals surface area contributed by atoms with E-state index in [0.29, 0.717) is 0 Å². The first-order valence-corrected chi connectivity index (χ1v) is 7.72. The predicted molar refractivity (Wildman–Crippen MR) is 86.4 cm³/mol. The summed E-state index contributed by atoms with van der Waals surface area (Å²) in [6.45, 7) is 5.27. The fourth-order valence-corrected chi connectivity index (χ4v) is 2.32. The van der Waals surface area contributed by atoms with Crippen LogP contribution in [0.3, 0.4) is 0 Å². The van der Waals surface area contributed by atoms with Gasteiger partial charge in [-0.2, -0.15) is 5.26 Å². The van der Waals surface area contributed by atoms with E-state index < -0.39 is 29.9 Å². The fourth-order valence-electron chi connectivity index (χ4n) is 2.32. The minimum atomic E-state index is -1.21. The Kier molecular flexibility index (Phi) is 7.27. The number of rotatable bonds is 6. The van der Waals surface area contributed by atoms with Crippen molar-refractivity contribution in [3.05, 3.63) is 23.8 Å². The van der Waals surface area contributed by atoms with Gasteiger partial charge in [0.05, 0.1) is 18.0 Å². The number of amides is 1. The molecule has 2 N–H and O–H groups in total. The second kappa shape index (κ2) is 8.70. The van der Waals surface area contributed by atoms with Gasteiger partial charge in [0, 0.05) is 7.11 Å². The number of allylic oxidation sites excluding steroid dienone is 4. The largest absolute Gasteiger partial charge is 0.444 e. The van der Waals surface area contributed by atoms with E-state index >= 15 is 0 Å². The number of nitrogens with one attached hydrogen (secondary N) is 1. The van der Waals surface area contributed by atoms with Crippen LogP contribution in [0.1, 0.15) is 40.0 Å². The molecule has 6 nitrogen and oxygen atoms in total. The highest BCUT2D eigenvalue weighted by atomic mass is 16.6. The third-order valence-electron chi connectivity index (χ3n) is 3.43. The van der Waals surface area contributed by atoms with Crippen molar-refractivity contribution in [2.75, 3.05) is 7.11 Å². The van der Waals surface area contributed by atoms with Gasteiger partial charge in [0.1, 0.15) is 5.60 Å². The number of ether oxygens (including phenoxy) is 2. The van der Waals surface area contributed by atoms with E-state index in [0.717, 1.165) is 18.4 Å². The molecule has 0 saturated heterocycles. The summed E-state index contributed by atoms with van der Waals surface area (Å²) in [6, 6.07) is 1.51. The topological polar surface area (TPSA) is 91.6 Å². The van der Waals surface area contributed by atoms with Gasteiger partial charge in [0.15, 0.2) is 6.29 Å². The maximum atomic E-state index is 11.9. The van der Waals surface area contributed by atoms with Gasteiger partial charge >= 0.3 is 6.09 Å². The molecule has 1 amide bonds. The van der Waals surface area contributed by atoms with Crippen molar-refractivity contribution >= 4 is 6.09 Å². The van der Waals surface area contributed by atoms with Crippen LogP contribution in [0.4, 0.5) is 4.79 Å². The van der Waals surface area contributed by atoms with Gasteiger partial charge in [-0.1, -0.05) is 23.8 Å². The molecule has 0 heterocycles. The van der Waals surface area contributed by atoms with Crippen LogP contribution in [0.25, 0.3) is 0 Å². The fraction of sp³-hybridized carbons (Fsp3) is 0.647. The summed E-state index contributed by atoms with van der Waals surface area (Å²) in [5.41, 5.74) is 0.354. The van der Waals surface area contributed by atoms with Crippen LogP contribution in [0.2, 0.25) is 0 Å². The molecule has 0 bridgehead atoms. The van der Waals surface area contributed by atoms with Crippen LogP contribution in [0, 0.1) is 17.2 Å². The van der Waals surface area contributed by atoms with Crippen molar-refractivity contribution in [3.8, 4) is 6.07 Å². The summed E-state index contributed by atoms with van der Waals surface area (Å²) in [5, 5.41) is 22.0. The van der Waals surface area contributed by atoms with E-state index in [1.54, 1.807) is 20.8 Å². The van der Waals surface area contributed by atoms with Crippen molar-refractivity contribution < 1.29 is 19.4 Å². The molecular weight excluding hydrogens is 296 g/mol. The highest BCUT2D eigenvalue weighted by molar-refractivity contribution is 5.68. The first kappa shape index (κ1) is 19.2. The summed E-state index contributed by atoms with van der Waals surface area (Å²) >= 11 is 0. The van der Waals surface area contributed by atoms with Crippen molar-refractivity contribution in [1.82, 2.24) is 5.32 Å². The number of aliphatic hydroxyl groups is 1. The average molecular weight is 322 g/mol. The molecule has 0 radical (unpaired) electrons. The van der Waals surface area contributed by atoms with Crippen molar-refractivity contribution in [1.29, 1.82) is 5.26 Å². The summed E-state index contributed by atoms with van der Waals surface area (Å²) < 4.78 is 10.1. The highest BCUT2D eigenvalue weighted by Gasteiger charge is 2.28. The Bertz CT molecular complexity index is 500. The number of carbonyl (C=O) groups is 1. The van der Waals surface area contributed by atoms with Gasteiger partial charge in [-0.25, -0.2) is 4.79 Å². The minimum absolute atomic E-state index is 0.254.